The fourth-order valence-electron chi connectivity index (χ4n) is 2.25. The average molecular weight is 261 g/mol. The maximum atomic E-state index is 11.1. The van der Waals surface area contributed by atoms with Crippen molar-refractivity contribution in [3.63, 3.8) is 0 Å². The number of fused-ring (bicyclic) bond motifs is 2. The van der Waals surface area contributed by atoms with Crippen LogP contribution in [-0.4, -0.2) is 16.9 Å². The SMILES string of the molecule is NCCS1(O)c2ccccc2Oc2ccccc21. The van der Waals surface area contributed by atoms with Gasteiger partial charge in [-0.15, -0.1) is 0 Å². The fraction of sp³-hybridized carbons (Fsp3) is 0.143. The Hall–Kier alpha value is -1.49. The van der Waals surface area contributed by atoms with E-state index < -0.39 is 10.3 Å². The van der Waals surface area contributed by atoms with Crippen LogP contribution in [0.2, 0.25) is 0 Å². The summed E-state index contributed by atoms with van der Waals surface area (Å²) in [5.41, 5.74) is 5.68. The van der Waals surface area contributed by atoms with Crippen LogP contribution in [-0.2, 0) is 0 Å². The second-order valence-electron chi connectivity index (χ2n) is 4.19. The van der Waals surface area contributed by atoms with Crippen molar-refractivity contribution in [1.29, 1.82) is 0 Å². The maximum Gasteiger partial charge on any atom is 0.141 e. The largest absolute Gasteiger partial charge is 0.455 e. The zero-order valence-electron chi connectivity index (χ0n) is 9.87. The van der Waals surface area contributed by atoms with Crippen LogP contribution in [0.25, 0.3) is 0 Å². The highest BCUT2D eigenvalue weighted by molar-refractivity contribution is 8.29. The average Bonchev–Trinajstić information content (AvgIpc) is 2.40. The number of para-hydroxylation sites is 2. The van der Waals surface area contributed by atoms with E-state index >= 15 is 0 Å². The molecule has 0 saturated carbocycles. The number of rotatable bonds is 2. The summed E-state index contributed by atoms with van der Waals surface area (Å²) in [7, 11) is -2.06. The first-order valence-electron chi connectivity index (χ1n) is 5.85. The molecule has 0 aliphatic carbocycles. The highest BCUT2D eigenvalue weighted by Gasteiger charge is 2.34. The minimum Gasteiger partial charge on any atom is -0.455 e. The van der Waals surface area contributed by atoms with Gasteiger partial charge in [0.2, 0.25) is 0 Å². The molecule has 0 saturated heterocycles. The molecule has 3 N–H and O–H groups in total. The molecule has 3 nitrogen and oxygen atoms in total. The molecule has 0 spiro atoms. The van der Waals surface area contributed by atoms with Gasteiger partial charge in [0.25, 0.3) is 0 Å². The Balaban J connectivity index is 2.24. The van der Waals surface area contributed by atoms with E-state index in [0.29, 0.717) is 12.3 Å². The molecule has 4 heteroatoms. The van der Waals surface area contributed by atoms with Crippen LogP contribution in [0.15, 0.2) is 58.3 Å². The quantitative estimate of drug-likeness (QED) is 0.870. The molecular formula is C14H15NO2S. The zero-order chi connectivity index (χ0) is 12.6. The molecule has 0 fully saturated rings. The molecule has 0 unspecified atom stereocenters. The van der Waals surface area contributed by atoms with Gasteiger partial charge in [-0.1, -0.05) is 34.6 Å². The summed E-state index contributed by atoms with van der Waals surface area (Å²) in [4.78, 5) is 1.74. The normalized spacial score (nSPS) is 17.2. The van der Waals surface area contributed by atoms with E-state index in [1.54, 1.807) is 0 Å². The van der Waals surface area contributed by atoms with Gasteiger partial charge in [-0.2, -0.15) is 0 Å². The summed E-state index contributed by atoms with van der Waals surface area (Å²) in [6.45, 7) is 0.453. The van der Waals surface area contributed by atoms with E-state index in [9.17, 15) is 4.55 Å². The predicted octanol–water partition coefficient (Wildman–Crippen LogP) is 3.45. The van der Waals surface area contributed by atoms with Gasteiger partial charge in [-0.25, -0.2) is 0 Å². The topological polar surface area (TPSA) is 55.5 Å². The Morgan fingerprint density at radius 2 is 1.44 bits per heavy atom. The van der Waals surface area contributed by atoms with Crippen LogP contribution in [0.3, 0.4) is 0 Å². The molecule has 94 valence electrons. The monoisotopic (exact) mass is 261 g/mol. The Morgan fingerprint density at radius 3 is 1.94 bits per heavy atom. The molecule has 2 aromatic carbocycles. The lowest BCUT2D eigenvalue weighted by molar-refractivity contribution is 0.443. The summed E-state index contributed by atoms with van der Waals surface area (Å²) in [6, 6.07) is 15.3. The molecule has 3 rings (SSSR count). The van der Waals surface area contributed by atoms with Crippen molar-refractivity contribution in [2.24, 2.45) is 5.73 Å². The summed E-state index contributed by atoms with van der Waals surface area (Å²) < 4.78 is 16.9. The number of hydrogen-bond acceptors (Lipinski definition) is 3. The van der Waals surface area contributed by atoms with Gasteiger partial charge in [0.1, 0.15) is 11.5 Å². The third-order valence-corrected chi connectivity index (χ3v) is 6.02. The Kier molecular flexibility index (Phi) is 2.78. The standard InChI is InChI=1S/C14H15NO2S/c15-9-10-18(16)13-7-3-1-5-11(13)17-12-6-2-4-8-14(12)18/h1-8,16H,9-10,15H2. The number of nitrogens with two attached hydrogens (primary N) is 1. The molecule has 1 aliphatic rings. The van der Waals surface area contributed by atoms with E-state index in [1.165, 1.54) is 0 Å². The van der Waals surface area contributed by atoms with Gasteiger partial charge in [-0.3, -0.25) is 0 Å². The molecule has 18 heavy (non-hydrogen) atoms. The van der Waals surface area contributed by atoms with Crippen LogP contribution >= 0.6 is 10.3 Å². The molecule has 0 bridgehead atoms. The third kappa shape index (κ3) is 1.61. The lowest BCUT2D eigenvalue weighted by Crippen LogP contribution is -2.17. The van der Waals surface area contributed by atoms with Crippen molar-refractivity contribution in [3.8, 4) is 11.5 Å². The van der Waals surface area contributed by atoms with Crippen LogP contribution in [0.4, 0.5) is 0 Å². The Labute approximate surface area is 108 Å². The van der Waals surface area contributed by atoms with Crippen molar-refractivity contribution in [3.05, 3.63) is 48.5 Å². The molecule has 2 aromatic rings. The van der Waals surface area contributed by atoms with Crippen molar-refractivity contribution in [1.82, 2.24) is 0 Å². The van der Waals surface area contributed by atoms with E-state index in [0.717, 1.165) is 21.3 Å². The summed E-state index contributed by atoms with van der Waals surface area (Å²) in [6.07, 6.45) is 0. The molecular weight excluding hydrogens is 246 g/mol. The number of benzene rings is 2. The van der Waals surface area contributed by atoms with E-state index in [-0.39, 0.29) is 0 Å². The Morgan fingerprint density at radius 1 is 0.944 bits per heavy atom. The van der Waals surface area contributed by atoms with Gasteiger partial charge in [-0.05, 0) is 24.3 Å². The molecule has 0 radical (unpaired) electrons. The van der Waals surface area contributed by atoms with Crippen LogP contribution < -0.4 is 10.5 Å². The van der Waals surface area contributed by atoms with Crippen LogP contribution in [0, 0.1) is 0 Å². The van der Waals surface area contributed by atoms with Crippen molar-refractivity contribution >= 4 is 10.3 Å². The first-order valence-corrected chi connectivity index (χ1v) is 7.61. The number of hydrogen-bond donors (Lipinski definition) is 2. The van der Waals surface area contributed by atoms with Gasteiger partial charge in [0.05, 0.1) is 9.79 Å². The van der Waals surface area contributed by atoms with Crippen LogP contribution in [0.5, 0.6) is 11.5 Å². The lowest BCUT2D eigenvalue weighted by atomic mass is 10.3. The van der Waals surface area contributed by atoms with E-state index in [1.807, 2.05) is 48.5 Å². The molecule has 0 aromatic heterocycles. The lowest BCUT2D eigenvalue weighted by Gasteiger charge is -2.39. The second-order valence-corrected chi connectivity index (χ2v) is 6.88. The zero-order valence-corrected chi connectivity index (χ0v) is 10.7. The first-order chi connectivity index (χ1) is 8.75. The molecule has 1 aliphatic heterocycles. The van der Waals surface area contributed by atoms with E-state index in [2.05, 4.69) is 0 Å². The van der Waals surface area contributed by atoms with Crippen molar-refractivity contribution in [2.75, 3.05) is 12.3 Å². The second kappa shape index (κ2) is 4.31. The van der Waals surface area contributed by atoms with Crippen LogP contribution in [0.1, 0.15) is 0 Å². The fourth-order valence-corrected chi connectivity index (χ4v) is 4.76. The minimum absolute atomic E-state index is 0.453. The molecule has 0 amide bonds. The van der Waals surface area contributed by atoms with Crippen molar-refractivity contribution < 1.29 is 9.29 Å². The summed E-state index contributed by atoms with van der Waals surface area (Å²) in [5.74, 6) is 2.04. The van der Waals surface area contributed by atoms with Gasteiger partial charge in [0, 0.05) is 12.3 Å². The molecule has 1 heterocycles. The predicted molar refractivity (Wildman–Crippen MR) is 73.6 cm³/mol. The third-order valence-electron chi connectivity index (χ3n) is 3.06. The first kappa shape index (κ1) is 11.6. The smallest absolute Gasteiger partial charge is 0.141 e. The van der Waals surface area contributed by atoms with Crippen molar-refractivity contribution in [2.45, 2.75) is 9.79 Å². The highest BCUT2D eigenvalue weighted by atomic mass is 32.3. The maximum absolute atomic E-state index is 11.1. The number of ether oxygens (including phenoxy) is 1. The minimum atomic E-state index is -2.06. The summed E-state index contributed by atoms with van der Waals surface area (Å²) >= 11 is 0. The van der Waals surface area contributed by atoms with Gasteiger partial charge in [0.15, 0.2) is 0 Å². The van der Waals surface area contributed by atoms with Gasteiger partial charge >= 0.3 is 0 Å². The van der Waals surface area contributed by atoms with E-state index in [4.69, 9.17) is 10.5 Å². The highest BCUT2D eigenvalue weighted by Crippen LogP contribution is 2.67. The summed E-state index contributed by atoms with van der Waals surface area (Å²) in [5, 5.41) is 0. The van der Waals surface area contributed by atoms with Gasteiger partial charge < -0.3 is 15.0 Å². The molecule has 0 atom stereocenters. The Bertz CT molecular complexity index is 540.